The molecule has 0 bridgehead atoms. The average molecular weight is 327 g/mol. The van der Waals surface area contributed by atoms with Crippen molar-refractivity contribution < 1.29 is 73.9 Å². The topological polar surface area (TPSA) is 38.3 Å². The molecule has 1 rings (SSSR count). The number of hydrogen-bond donors (Lipinski definition) is 1. The smallest absolute Gasteiger partial charge is 0.445 e. The quantitative estimate of drug-likeness (QED) is 0.779. The number of rotatable bonds is 4. The van der Waals surface area contributed by atoms with E-state index in [1.165, 1.54) is 6.07 Å². The van der Waals surface area contributed by atoms with E-state index < -0.39 is 24.1 Å². The first-order valence-corrected chi connectivity index (χ1v) is 6.33. The number of halogens is 3. The summed E-state index contributed by atoms with van der Waals surface area (Å²) in [4.78, 5) is 11.4. The molecule has 0 aromatic heterocycles. The van der Waals surface area contributed by atoms with E-state index in [-0.39, 0.29) is 57.9 Å². The van der Waals surface area contributed by atoms with Crippen molar-refractivity contribution in [3.63, 3.8) is 0 Å². The Morgan fingerprint density at radius 2 is 1.90 bits per heavy atom. The van der Waals surface area contributed by atoms with Gasteiger partial charge in [0, 0.05) is 6.54 Å². The molecule has 1 N–H and O–H groups in total. The minimum atomic E-state index is -4.99. The van der Waals surface area contributed by atoms with Crippen LogP contribution in [0, 0.1) is 0 Å². The van der Waals surface area contributed by atoms with Gasteiger partial charge in [-0.25, -0.2) is 4.79 Å². The molecule has 3 nitrogen and oxygen atoms in total. The van der Waals surface area contributed by atoms with Crippen molar-refractivity contribution in [2.24, 2.45) is 0 Å². The molecule has 1 aromatic carbocycles. The Hall–Kier alpha value is -0.0187. The molecule has 0 heterocycles. The van der Waals surface area contributed by atoms with Crippen LogP contribution in [0.3, 0.4) is 0 Å². The van der Waals surface area contributed by atoms with E-state index in [0.29, 0.717) is 12.0 Å². The number of hydrogen-bond acceptors (Lipinski definition) is 2. The van der Waals surface area contributed by atoms with Gasteiger partial charge in [-0.15, -0.1) is 5.46 Å². The van der Waals surface area contributed by atoms with E-state index in [9.17, 15) is 17.7 Å². The maximum atomic E-state index is 12.6. The molecule has 0 saturated heterocycles. The zero-order chi connectivity index (χ0) is 15.4. The van der Waals surface area contributed by atoms with E-state index in [0.717, 1.165) is 12.1 Å². The Balaban J connectivity index is 0.00000400. The first-order chi connectivity index (χ1) is 9.08. The van der Waals surface area contributed by atoms with Gasteiger partial charge in [0.15, 0.2) is 0 Å². The van der Waals surface area contributed by atoms with Gasteiger partial charge >= 0.3 is 64.5 Å². The summed E-state index contributed by atoms with van der Waals surface area (Å²) in [6, 6.07) is 5.12. The van der Waals surface area contributed by atoms with Crippen LogP contribution in [0.25, 0.3) is 0 Å². The Morgan fingerprint density at radius 3 is 2.43 bits per heavy atom. The largest absolute Gasteiger partial charge is 1.00 e. The number of amides is 1. The Morgan fingerprint density at radius 1 is 1.29 bits per heavy atom. The summed E-state index contributed by atoms with van der Waals surface area (Å²) >= 11 is 0. The molecule has 112 valence electrons. The minimum absolute atomic E-state index is 0. The molecule has 1 aromatic rings. The van der Waals surface area contributed by atoms with Crippen LogP contribution in [0.4, 0.5) is 17.7 Å². The van der Waals surface area contributed by atoms with Gasteiger partial charge in [-0.2, -0.15) is 0 Å². The summed E-state index contributed by atoms with van der Waals surface area (Å²) in [6.07, 6.45) is -0.257. The second-order valence-corrected chi connectivity index (χ2v) is 5.50. The van der Waals surface area contributed by atoms with Gasteiger partial charge in [0.2, 0.25) is 0 Å². The van der Waals surface area contributed by atoms with Crippen LogP contribution in [0.5, 0.6) is 0 Å². The maximum absolute atomic E-state index is 12.6. The number of nitrogens with one attached hydrogen (secondary N) is 1. The van der Waals surface area contributed by atoms with E-state index in [2.05, 4.69) is 5.32 Å². The Labute approximate surface area is 165 Å². The minimum Gasteiger partial charge on any atom is -0.445 e. The molecule has 8 heteroatoms. The summed E-state index contributed by atoms with van der Waals surface area (Å²) in [7, 11) is 0. The zero-order valence-corrected chi connectivity index (χ0v) is 15.9. The van der Waals surface area contributed by atoms with Crippen LogP contribution in [0.2, 0.25) is 0 Å². The summed E-state index contributed by atoms with van der Waals surface area (Å²) < 4.78 is 42.8. The average Bonchev–Trinajstić information content (AvgIpc) is 2.25. The number of carbonyl (C=O) groups is 1. The molecule has 0 atom stereocenters. The fourth-order valence-corrected chi connectivity index (χ4v) is 1.58. The molecule has 21 heavy (non-hydrogen) atoms. The summed E-state index contributed by atoms with van der Waals surface area (Å²) in [5, 5.41) is 2.51. The molecule has 0 aliphatic rings. The van der Waals surface area contributed by atoms with E-state index in [1.807, 2.05) is 0 Å². The third-order valence-electron chi connectivity index (χ3n) is 2.41. The van der Waals surface area contributed by atoms with Crippen LogP contribution < -0.4 is 62.2 Å². The molecule has 0 aliphatic carbocycles. The van der Waals surface area contributed by atoms with Gasteiger partial charge in [-0.1, -0.05) is 24.3 Å². The van der Waals surface area contributed by atoms with Crippen molar-refractivity contribution >= 4 is 18.5 Å². The van der Waals surface area contributed by atoms with Crippen molar-refractivity contribution in [3.05, 3.63) is 29.8 Å². The number of alkyl carbamates (subject to hydrolysis) is 1. The first-order valence-electron chi connectivity index (χ1n) is 6.33. The molecule has 1 amide bonds. The predicted octanol–water partition coefficient (Wildman–Crippen LogP) is -0.188. The molecule has 0 saturated carbocycles. The molecule has 0 unspecified atom stereocenters. The summed E-state index contributed by atoms with van der Waals surface area (Å²) in [5.41, 5.74) is -0.694. The van der Waals surface area contributed by atoms with Crippen molar-refractivity contribution in [3.8, 4) is 0 Å². The maximum Gasteiger partial charge on any atom is 1.00 e. The summed E-state index contributed by atoms with van der Waals surface area (Å²) in [6.45, 7) is 0.448. The second kappa shape index (κ2) is 8.57. The van der Waals surface area contributed by atoms with Gasteiger partial charge in [0.05, 0.1) is 0 Å². The SMILES string of the molecule is CC(C)(C)OC(=O)NCCc1cccc([B-](F)(F)F)c1.[K+]. The van der Waals surface area contributed by atoms with Gasteiger partial charge in [0.1, 0.15) is 5.60 Å². The van der Waals surface area contributed by atoms with Crippen LogP contribution >= 0.6 is 0 Å². The number of benzene rings is 1. The Bertz CT molecular complexity index is 475. The molecule has 0 fully saturated rings. The standard InChI is InChI=1S/C13H18BF3NO2.K/c1-13(2,3)20-12(19)18-8-7-10-5-4-6-11(9-10)14(15,16)17;/h4-6,9H,7-8H2,1-3H3,(H,18,19);/q-1;+1. The van der Waals surface area contributed by atoms with Crippen molar-refractivity contribution in [1.82, 2.24) is 5.32 Å². The van der Waals surface area contributed by atoms with Crippen LogP contribution in [-0.2, 0) is 11.2 Å². The molecule has 0 spiro atoms. The number of ether oxygens (including phenoxy) is 1. The van der Waals surface area contributed by atoms with E-state index in [4.69, 9.17) is 4.74 Å². The molecular weight excluding hydrogens is 309 g/mol. The third-order valence-corrected chi connectivity index (χ3v) is 2.41. The van der Waals surface area contributed by atoms with Gasteiger partial charge < -0.3 is 23.0 Å². The van der Waals surface area contributed by atoms with Gasteiger partial charge in [-0.3, -0.25) is 0 Å². The second-order valence-electron chi connectivity index (χ2n) is 5.50. The fraction of sp³-hybridized carbons (Fsp3) is 0.462. The Kier molecular flexibility index (Phi) is 8.56. The van der Waals surface area contributed by atoms with Gasteiger partial charge in [0.25, 0.3) is 0 Å². The van der Waals surface area contributed by atoms with Crippen LogP contribution in [0.15, 0.2) is 24.3 Å². The monoisotopic (exact) mass is 327 g/mol. The van der Waals surface area contributed by atoms with Crippen LogP contribution in [0.1, 0.15) is 26.3 Å². The zero-order valence-electron chi connectivity index (χ0n) is 12.8. The third kappa shape index (κ3) is 8.87. The number of carbonyl (C=O) groups excluding carboxylic acids is 1. The van der Waals surface area contributed by atoms with Crippen molar-refractivity contribution in [1.29, 1.82) is 0 Å². The van der Waals surface area contributed by atoms with E-state index >= 15 is 0 Å². The molecule has 0 aliphatic heterocycles. The van der Waals surface area contributed by atoms with Gasteiger partial charge in [-0.05, 0) is 32.8 Å². The van der Waals surface area contributed by atoms with Crippen molar-refractivity contribution in [2.45, 2.75) is 32.8 Å². The normalized spacial score (nSPS) is 11.5. The fourth-order valence-electron chi connectivity index (χ4n) is 1.58. The van der Waals surface area contributed by atoms with Crippen molar-refractivity contribution in [2.75, 3.05) is 6.54 Å². The first kappa shape index (κ1) is 21.0. The predicted molar refractivity (Wildman–Crippen MR) is 73.1 cm³/mol. The summed E-state index contributed by atoms with van der Waals surface area (Å²) in [5.74, 6) is 0. The van der Waals surface area contributed by atoms with Crippen LogP contribution in [-0.4, -0.2) is 25.2 Å². The molecular formula is C13H18BF3KNO2. The van der Waals surface area contributed by atoms with E-state index in [1.54, 1.807) is 26.8 Å². The molecule has 0 radical (unpaired) electrons.